The predicted molar refractivity (Wildman–Crippen MR) is 150 cm³/mol. The fourth-order valence-corrected chi connectivity index (χ4v) is 4.95. The van der Waals surface area contributed by atoms with Crippen molar-refractivity contribution >= 4 is 23.4 Å². The molecule has 1 aliphatic heterocycles. The van der Waals surface area contributed by atoms with Gasteiger partial charge in [-0.25, -0.2) is 0 Å². The molecule has 190 valence electrons. The van der Waals surface area contributed by atoms with Crippen LogP contribution in [0.25, 0.3) is 11.8 Å². The monoisotopic (exact) mass is 485 g/mol. The van der Waals surface area contributed by atoms with Crippen molar-refractivity contribution in [1.29, 1.82) is 0 Å². The number of hydrogen-bond acceptors (Lipinski definition) is 3. The molecule has 0 atom stereocenters. The van der Waals surface area contributed by atoms with Crippen LogP contribution in [-0.4, -0.2) is 42.6 Å². The standard InChI is InChI=1S/C31H39N3O2/c1-21(2)25-11-7-12-26(18-25)36-17-15-24-10-8-14-29-30(24)28(31(35)32-29)20-34-19-22(3)27(23(34)4)13-9-16-33(5)6/h7-8,10-12,14,18-21H,9,13,15-17H2,1-6H3,(H,32,35). The highest BCUT2D eigenvalue weighted by Gasteiger charge is 2.27. The summed E-state index contributed by atoms with van der Waals surface area (Å²) < 4.78 is 8.22. The quantitative estimate of drug-likeness (QED) is 0.343. The number of benzene rings is 2. The summed E-state index contributed by atoms with van der Waals surface area (Å²) in [5.41, 5.74) is 8.80. The third kappa shape index (κ3) is 5.73. The second-order valence-corrected chi connectivity index (χ2v) is 10.4. The van der Waals surface area contributed by atoms with Crippen molar-refractivity contribution < 1.29 is 9.53 Å². The molecule has 3 aromatic rings. The van der Waals surface area contributed by atoms with Gasteiger partial charge < -0.3 is 19.5 Å². The zero-order valence-electron chi connectivity index (χ0n) is 22.5. The molecule has 0 spiro atoms. The highest BCUT2D eigenvalue weighted by Crippen LogP contribution is 2.36. The van der Waals surface area contributed by atoms with E-state index >= 15 is 0 Å². The first-order valence-electron chi connectivity index (χ1n) is 12.9. The van der Waals surface area contributed by atoms with E-state index < -0.39 is 0 Å². The lowest BCUT2D eigenvalue weighted by Gasteiger charge is -2.12. The summed E-state index contributed by atoms with van der Waals surface area (Å²) in [6, 6.07) is 14.4. The van der Waals surface area contributed by atoms with E-state index in [-0.39, 0.29) is 5.91 Å². The molecule has 0 bridgehead atoms. The van der Waals surface area contributed by atoms with E-state index in [1.807, 2.05) is 30.5 Å². The fraction of sp³-hybridized carbons (Fsp3) is 0.387. The number of carbonyl (C=O) groups excluding carboxylic acids is 1. The van der Waals surface area contributed by atoms with Crippen molar-refractivity contribution in [3.8, 4) is 5.75 Å². The maximum Gasteiger partial charge on any atom is 0.257 e. The normalized spacial score (nSPS) is 14.1. The minimum atomic E-state index is -0.0529. The molecule has 5 heteroatoms. The molecule has 0 unspecified atom stereocenters. The van der Waals surface area contributed by atoms with Crippen LogP contribution in [0, 0.1) is 13.8 Å². The molecule has 1 N–H and O–H groups in total. The molecule has 0 radical (unpaired) electrons. The van der Waals surface area contributed by atoms with Crippen molar-refractivity contribution in [3.05, 3.63) is 82.2 Å². The first-order valence-corrected chi connectivity index (χ1v) is 12.9. The molecule has 1 amide bonds. The van der Waals surface area contributed by atoms with E-state index in [9.17, 15) is 4.79 Å². The van der Waals surface area contributed by atoms with Gasteiger partial charge >= 0.3 is 0 Å². The van der Waals surface area contributed by atoms with Gasteiger partial charge in [0.2, 0.25) is 0 Å². The number of nitrogens with zero attached hydrogens (tertiary/aromatic N) is 2. The maximum atomic E-state index is 13.0. The van der Waals surface area contributed by atoms with E-state index in [1.165, 1.54) is 22.4 Å². The van der Waals surface area contributed by atoms with Crippen molar-refractivity contribution in [2.24, 2.45) is 0 Å². The van der Waals surface area contributed by atoms with Crippen molar-refractivity contribution in [2.45, 2.75) is 52.9 Å². The van der Waals surface area contributed by atoms with Crippen molar-refractivity contribution in [2.75, 3.05) is 32.6 Å². The highest BCUT2D eigenvalue weighted by atomic mass is 16.5. The number of fused-ring (bicyclic) bond motifs is 1. The van der Waals surface area contributed by atoms with Gasteiger partial charge in [0, 0.05) is 35.8 Å². The number of aryl methyl sites for hydroxylation is 1. The van der Waals surface area contributed by atoms with Gasteiger partial charge in [-0.15, -0.1) is 0 Å². The van der Waals surface area contributed by atoms with Crippen LogP contribution in [0.4, 0.5) is 5.69 Å². The van der Waals surface area contributed by atoms with Crippen molar-refractivity contribution in [3.63, 3.8) is 0 Å². The average molecular weight is 486 g/mol. The van der Waals surface area contributed by atoms with Crippen LogP contribution in [0.5, 0.6) is 5.75 Å². The van der Waals surface area contributed by atoms with Crippen LogP contribution in [-0.2, 0) is 17.6 Å². The van der Waals surface area contributed by atoms with Crippen molar-refractivity contribution in [1.82, 2.24) is 9.47 Å². The highest BCUT2D eigenvalue weighted by molar-refractivity contribution is 6.34. The van der Waals surface area contributed by atoms with Gasteiger partial charge in [0.05, 0.1) is 12.2 Å². The number of rotatable bonds is 10. The van der Waals surface area contributed by atoms with E-state index in [4.69, 9.17) is 4.74 Å². The van der Waals surface area contributed by atoms with Crippen LogP contribution in [0.15, 0.2) is 48.7 Å². The molecule has 4 rings (SSSR count). The Hall–Kier alpha value is -3.31. The molecule has 0 saturated carbocycles. The SMILES string of the molecule is Cc1cn(C=C2C(=O)Nc3cccc(CCOc4cccc(C(C)C)c4)c32)c(C)c1CCCN(C)C. The lowest BCUT2D eigenvalue weighted by atomic mass is 9.99. The number of amides is 1. The van der Waals surface area contributed by atoms with E-state index in [0.29, 0.717) is 18.1 Å². The first kappa shape index (κ1) is 25.8. The van der Waals surface area contributed by atoms with Gasteiger partial charge in [0.1, 0.15) is 5.75 Å². The Bertz CT molecular complexity index is 1270. The van der Waals surface area contributed by atoms with Crippen LogP contribution in [0.3, 0.4) is 0 Å². The van der Waals surface area contributed by atoms with Gasteiger partial charge in [0.15, 0.2) is 0 Å². The smallest absolute Gasteiger partial charge is 0.257 e. The van der Waals surface area contributed by atoms with Gasteiger partial charge in [-0.3, -0.25) is 4.79 Å². The molecule has 36 heavy (non-hydrogen) atoms. The van der Waals surface area contributed by atoms with Gasteiger partial charge in [-0.1, -0.05) is 38.1 Å². The molecule has 5 nitrogen and oxygen atoms in total. The third-order valence-electron chi connectivity index (χ3n) is 7.01. The summed E-state index contributed by atoms with van der Waals surface area (Å²) in [5, 5.41) is 3.06. The summed E-state index contributed by atoms with van der Waals surface area (Å²) in [4.78, 5) is 15.2. The first-order chi connectivity index (χ1) is 17.2. The topological polar surface area (TPSA) is 46.5 Å². The molecular weight excluding hydrogens is 446 g/mol. The average Bonchev–Trinajstić information content (AvgIpc) is 3.30. The summed E-state index contributed by atoms with van der Waals surface area (Å²) in [7, 11) is 4.22. The zero-order chi connectivity index (χ0) is 25.8. The Morgan fingerprint density at radius 2 is 1.86 bits per heavy atom. The Morgan fingerprint density at radius 1 is 1.08 bits per heavy atom. The second-order valence-electron chi connectivity index (χ2n) is 10.4. The number of anilines is 1. The van der Waals surface area contributed by atoms with E-state index in [2.05, 4.69) is 81.0 Å². The Balaban J connectivity index is 1.55. The fourth-order valence-electron chi connectivity index (χ4n) is 4.95. The number of ether oxygens (including phenoxy) is 1. The minimum Gasteiger partial charge on any atom is -0.493 e. The molecule has 0 aliphatic carbocycles. The number of hydrogen-bond donors (Lipinski definition) is 1. The number of aromatic nitrogens is 1. The summed E-state index contributed by atoms with van der Waals surface area (Å²) in [6.07, 6.45) is 7.01. The Kier molecular flexibility index (Phi) is 8.00. The van der Waals surface area contributed by atoms with Gasteiger partial charge in [-0.05, 0) is 93.7 Å². The summed E-state index contributed by atoms with van der Waals surface area (Å²) in [5.74, 6) is 1.30. The molecule has 0 fully saturated rings. The van der Waals surface area contributed by atoms with Crippen LogP contribution in [0.2, 0.25) is 0 Å². The summed E-state index contributed by atoms with van der Waals surface area (Å²) >= 11 is 0. The Labute approximate surface area is 215 Å². The molecule has 2 aromatic carbocycles. The maximum absolute atomic E-state index is 13.0. The Morgan fingerprint density at radius 3 is 2.61 bits per heavy atom. The van der Waals surface area contributed by atoms with Crippen LogP contribution in [0.1, 0.15) is 59.7 Å². The van der Waals surface area contributed by atoms with E-state index in [0.717, 1.165) is 48.4 Å². The predicted octanol–water partition coefficient (Wildman–Crippen LogP) is 6.29. The molecular formula is C31H39N3O2. The molecule has 1 aromatic heterocycles. The van der Waals surface area contributed by atoms with E-state index in [1.54, 1.807) is 0 Å². The van der Waals surface area contributed by atoms with Crippen LogP contribution >= 0.6 is 0 Å². The lowest BCUT2D eigenvalue weighted by molar-refractivity contribution is -0.110. The molecule has 0 saturated heterocycles. The number of nitrogens with one attached hydrogen (secondary N) is 1. The second kappa shape index (κ2) is 11.2. The van der Waals surface area contributed by atoms with Gasteiger partial charge in [-0.2, -0.15) is 0 Å². The third-order valence-corrected chi connectivity index (χ3v) is 7.01. The summed E-state index contributed by atoms with van der Waals surface area (Å²) in [6.45, 7) is 10.3. The molecule has 1 aliphatic rings. The lowest BCUT2D eigenvalue weighted by Crippen LogP contribution is -2.13. The van der Waals surface area contributed by atoms with Crippen LogP contribution < -0.4 is 10.1 Å². The van der Waals surface area contributed by atoms with Gasteiger partial charge in [0.25, 0.3) is 5.91 Å². The zero-order valence-corrected chi connectivity index (χ0v) is 22.5. The number of carbonyl (C=O) groups is 1. The minimum absolute atomic E-state index is 0.0529. The largest absolute Gasteiger partial charge is 0.493 e. The molecule has 2 heterocycles.